The number of aliphatic hydroxyl groups excluding tert-OH is 1. The predicted octanol–water partition coefficient (Wildman–Crippen LogP) is 18.0. The highest BCUT2D eigenvalue weighted by atomic mass is 31.2. The second-order valence-electron chi connectivity index (χ2n) is 21.7. The van der Waals surface area contributed by atoms with Crippen molar-refractivity contribution in [3.05, 3.63) is 24.3 Å². The van der Waals surface area contributed by atoms with Crippen LogP contribution >= 0.6 is 7.82 Å². The number of carbonyl (C=O) groups excluding carboxylic acids is 1. The van der Waals surface area contributed by atoms with E-state index < -0.39 is 20.0 Å². The average molecular weight is 983 g/mol. The molecule has 0 rings (SSSR count). The van der Waals surface area contributed by atoms with E-state index in [9.17, 15) is 19.4 Å². The van der Waals surface area contributed by atoms with Crippen LogP contribution in [0.3, 0.4) is 0 Å². The van der Waals surface area contributed by atoms with Crippen molar-refractivity contribution < 1.29 is 32.9 Å². The number of rotatable bonds is 55. The van der Waals surface area contributed by atoms with Crippen molar-refractivity contribution in [1.29, 1.82) is 0 Å². The smallest absolute Gasteiger partial charge is 0.391 e. The molecule has 0 fully saturated rings. The van der Waals surface area contributed by atoms with E-state index in [2.05, 4.69) is 43.5 Å². The Balaban J connectivity index is 4.15. The van der Waals surface area contributed by atoms with Gasteiger partial charge in [-0.3, -0.25) is 13.8 Å². The third-order valence-corrected chi connectivity index (χ3v) is 14.7. The lowest BCUT2D eigenvalue weighted by molar-refractivity contribution is -0.870. The summed E-state index contributed by atoms with van der Waals surface area (Å²) in [5.41, 5.74) is 0. The van der Waals surface area contributed by atoms with Gasteiger partial charge in [-0.25, -0.2) is 4.57 Å². The fourth-order valence-corrected chi connectivity index (χ4v) is 9.76. The molecule has 3 atom stereocenters. The largest absolute Gasteiger partial charge is 0.472 e. The monoisotopic (exact) mass is 982 g/mol. The molecule has 0 saturated carbocycles. The molecule has 0 aliphatic carbocycles. The molecule has 3 unspecified atom stereocenters. The van der Waals surface area contributed by atoms with E-state index in [4.69, 9.17) is 9.05 Å². The maximum atomic E-state index is 13.0. The molecule has 0 heterocycles. The SMILES string of the molecule is CCCCCCC/C=C\C/C=C\CCCCCCCCCCCCCC(=O)NC(COP(=O)(O)OCC[N+](C)(C)C)C(O)CCCCCCCCCCCCCCCCCCCCCCCCC. The third kappa shape index (κ3) is 52.8. The molecule has 0 spiro atoms. The van der Waals surface area contributed by atoms with Crippen molar-refractivity contribution in [3.8, 4) is 0 Å². The van der Waals surface area contributed by atoms with Crippen LogP contribution in [-0.2, 0) is 18.4 Å². The van der Waals surface area contributed by atoms with Gasteiger partial charge in [-0.1, -0.05) is 269 Å². The number of aliphatic hydroxyl groups is 1. The lowest BCUT2D eigenvalue weighted by Crippen LogP contribution is -2.46. The van der Waals surface area contributed by atoms with E-state index in [0.29, 0.717) is 23.9 Å². The molecule has 0 aromatic carbocycles. The summed E-state index contributed by atoms with van der Waals surface area (Å²) in [5.74, 6) is -0.142. The maximum Gasteiger partial charge on any atom is 0.472 e. The number of nitrogens with zero attached hydrogens (tertiary/aromatic N) is 1. The van der Waals surface area contributed by atoms with Crippen LogP contribution < -0.4 is 5.32 Å². The maximum absolute atomic E-state index is 13.0. The van der Waals surface area contributed by atoms with Gasteiger partial charge in [0, 0.05) is 6.42 Å². The lowest BCUT2D eigenvalue weighted by atomic mass is 10.0. The number of amides is 1. The zero-order valence-corrected chi connectivity index (χ0v) is 47.0. The van der Waals surface area contributed by atoms with Crippen LogP contribution in [0.15, 0.2) is 24.3 Å². The summed E-state index contributed by atoms with van der Waals surface area (Å²) in [5, 5.41) is 14.1. The summed E-state index contributed by atoms with van der Waals surface area (Å²) < 4.78 is 23.8. The lowest BCUT2D eigenvalue weighted by Gasteiger charge is -2.26. The van der Waals surface area contributed by atoms with Gasteiger partial charge in [-0.15, -0.1) is 0 Å². The first kappa shape index (κ1) is 67.0. The molecule has 0 aromatic rings. The van der Waals surface area contributed by atoms with Crippen molar-refractivity contribution >= 4 is 13.7 Å². The first-order valence-electron chi connectivity index (χ1n) is 29.7. The van der Waals surface area contributed by atoms with Crippen molar-refractivity contribution in [1.82, 2.24) is 5.32 Å². The van der Waals surface area contributed by atoms with E-state index in [1.165, 1.54) is 225 Å². The summed E-state index contributed by atoms with van der Waals surface area (Å²) >= 11 is 0. The summed E-state index contributed by atoms with van der Waals surface area (Å²) in [7, 11) is 1.63. The number of carbonyl (C=O) groups is 1. The zero-order valence-electron chi connectivity index (χ0n) is 46.1. The van der Waals surface area contributed by atoms with Gasteiger partial charge in [0.05, 0.1) is 39.9 Å². The molecule has 0 bridgehead atoms. The summed E-state index contributed by atoms with van der Waals surface area (Å²) in [6, 6.07) is -0.761. The number of phosphoric ester groups is 1. The van der Waals surface area contributed by atoms with Crippen LogP contribution in [0.1, 0.15) is 296 Å². The highest BCUT2D eigenvalue weighted by Gasteiger charge is 2.28. The second-order valence-corrected chi connectivity index (χ2v) is 23.2. The van der Waals surface area contributed by atoms with Crippen molar-refractivity contribution in [2.24, 2.45) is 0 Å². The van der Waals surface area contributed by atoms with E-state index in [0.717, 1.165) is 44.9 Å². The van der Waals surface area contributed by atoms with Gasteiger partial charge in [-0.05, 0) is 44.9 Å². The van der Waals surface area contributed by atoms with E-state index in [-0.39, 0.29) is 19.1 Å². The Morgan fingerprint density at radius 2 is 0.838 bits per heavy atom. The molecule has 0 saturated heterocycles. The number of allylic oxidation sites excluding steroid dienone is 4. The molecule has 9 heteroatoms. The first-order chi connectivity index (χ1) is 33.0. The van der Waals surface area contributed by atoms with Crippen LogP contribution in [0.4, 0.5) is 0 Å². The van der Waals surface area contributed by atoms with Crippen molar-refractivity contribution in [3.63, 3.8) is 0 Å². The van der Waals surface area contributed by atoms with Crippen molar-refractivity contribution in [2.45, 2.75) is 309 Å². The minimum absolute atomic E-state index is 0.0758. The Morgan fingerprint density at radius 1 is 0.500 bits per heavy atom. The van der Waals surface area contributed by atoms with E-state index in [1.807, 2.05) is 21.1 Å². The Bertz CT molecular complexity index is 1160. The molecule has 8 nitrogen and oxygen atoms in total. The Labute approximate surface area is 424 Å². The summed E-state index contributed by atoms with van der Waals surface area (Å²) in [6.07, 6.45) is 63.7. The average Bonchev–Trinajstić information content (AvgIpc) is 3.30. The fraction of sp³-hybridized carbons (Fsp3) is 0.915. The predicted molar refractivity (Wildman–Crippen MR) is 295 cm³/mol. The molecule has 0 aliphatic rings. The molecule has 0 aliphatic heterocycles. The Kier molecular flexibility index (Phi) is 50.1. The second kappa shape index (κ2) is 50.9. The van der Waals surface area contributed by atoms with Crippen LogP contribution in [0.2, 0.25) is 0 Å². The third-order valence-electron chi connectivity index (χ3n) is 13.7. The molecule has 0 aromatic heterocycles. The normalized spacial score (nSPS) is 14.0. The number of likely N-dealkylation sites (N-methyl/N-ethyl adjacent to an activating group) is 1. The van der Waals surface area contributed by atoms with Gasteiger partial charge < -0.3 is 19.8 Å². The van der Waals surface area contributed by atoms with Crippen LogP contribution in [0.5, 0.6) is 0 Å². The number of hydrogen-bond donors (Lipinski definition) is 3. The van der Waals surface area contributed by atoms with E-state index in [1.54, 1.807) is 0 Å². The van der Waals surface area contributed by atoms with Crippen LogP contribution in [-0.4, -0.2) is 73.4 Å². The summed E-state index contributed by atoms with van der Waals surface area (Å²) in [6.45, 7) is 4.92. The zero-order chi connectivity index (χ0) is 49.9. The van der Waals surface area contributed by atoms with Gasteiger partial charge in [-0.2, -0.15) is 0 Å². The first-order valence-corrected chi connectivity index (χ1v) is 31.2. The van der Waals surface area contributed by atoms with Gasteiger partial charge in [0.2, 0.25) is 5.91 Å². The van der Waals surface area contributed by atoms with E-state index >= 15 is 0 Å². The van der Waals surface area contributed by atoms with Gasteiger partial charge in [0.25, 0.3) is 0 Å². The van der Waals surface area contributed by atoms with Crippen LogP contribution in [0.25, 0.3) is 0 Å². The van der Waals surface area contributed by atoms with Crippen LogP contribution in [0, 0.1) is 0 Å². The standard InChI is InChI=1S/C59H117N2O6P/c1-6-8-10-12-14-16-18-20-22-24-26-28-30-32-34-36-38-40-42-44-46-48-50-52-58(62)57(56-67-68(64,65)66-55-54-61(3,4)5)60-59(63)53-51-49-47-45-43-41-39-37-35-33-31-29-27-25-23-21-19-17-15-13-11-9-7-2/h19,21,25,27,57-58,62H,6-18,20,22-24,26,28-56H2,1-5H3,(H-,60,63,64,65)/p+1/b21-19-,27-25-. The van der Waals surface area contributed by atoms with Crippen molar-refractivity contribution in [2.75, 3.05) is 40.9 Å². The number of quaternary nitrogens is 1. The highest BCUT2D eigenvalue weighted by molar-refractivity contribution is 7.47. The van der Waals surface area contributed by atoms with Gasteiger partial charge in [0.1, 0.15) is 13.2 Å². The highest BCUT2D eigenvalue weighted by Crippen LogP contribution is 2.43. The molecular weight excluding hydrogens is 864 g/mol. The Hall–Kier alpha value is -1.02. The molecule has 404 valence electrons. The number of unbranched alkanes of at least 4 members (excludes halogenated alkanes) is 38. The topological polar surface area (TPSA) is 105 Å². The number of phosphoric acid groups is 1. The fourth-order valence-electron chi connectivity index (χ4n) is 9.02. The molecule has 68 heavy (non-hydrogen) atoms. The van der Waals surface area contributed by atoms with Gasteiger partial charge in [0.15, 0.2) is 0 Å². The summed E-state index contributed by atoms with van der Waals surface area (Å²) in [4.78, 5) is 23.4. The Morgan fingerprint density at radius 3 is 1.21 bits per heavy atom. The number of hydrogen-bond acceptors (Lipinski definition) is 5. The minimum Gasteiger partial charge on any atom is -0.391 e. The number of nitrogens with one attached hydrogen (secondary N) is 1. The molecule has 3 N–H and O–H groups in total. The van der Waals surface area contributed by atoms with Gasteiger partial charge >= 0.3 is 7.82 Å². The molecular formula is C59H118N2O6P+. The quantitative estimate of drug-likeness (QED) is 0.0243. The molecule has 1 amide bonds. The molecule has 0 radical (unpaired) electrons. The minimum atomic E-state index is -4.32.